The summed E-state index contributed by atoms with van der Waals surface area (Å²) in [6.07, 6.45) is 3.27. The molecule has 0 bridgehead atoms. The Labute approximate surface area is 211 Å². The predicted octanol–water partition coefficient (Wildman–Crippen LogP) is 5.21. The zero-order valence-electron chi connectivity index (χ0n) is 20.7. The normalized spacial score (nSPS) is 14.3. The maximum Gasteiger partial charge on any atom is 0.339 e. The molecule has 7 heteroatoms. The molecule has 0 radical (unpaired) electrons. The molecule has 1 heterocycles. The van der Waals surface area contributed by atoms with E-state index in [0.717, 1.165) is 43.5 Å². The van der Waals surface area contributed by atoms with Crippen LogP contribution in [0.2, 0.25) is 0 Å². The molecule has 4 rings (SSSR count). The molecule has 1 aliphatic heterocycles. The topological polar surface area (TPSA) is 88.1 Å². The standard InChI is InChI=1S/C29H32N2O5/c1-31-15-12-20(13-16-31)14-17-36-23-9-11-27(32)25(19-23)28(33)30-26-18-22(21-6-4-3-5-7-21)8-10-24(26)29(34)35-2/h3-11,18-20,32H,12-17H2,1-2H3,(H,30,33). The number of benzene rings is 3. The molecule has 0 atom stereocenters. The third kappa shape index (κ3) is 6.23. The predicted molar refractivity (Wildman–Crippen MR) is 140 cm³/mol. The van der Waals surface area contributed by atoms with E-state index in [1.165, 1.54) is 19.2 Å². The van der Waals surface area contributed by atoms with Crippen LogP contribution in [0, 0.1) is 5.92 Å². The fourth-order valence-corrected chi connectivity index (χ4v) is 4.42. The minimum atomic E-state index is -0.569. The zero-order chi connectivity index (χ0) is 25.5. The highest BCUT2D eigenvalue weighted by molar-refractivity contribution is 6.10. The molecule has 1 fully saturated rings. The lowest BCUT2D eigenvalue weighted by atomic mass is 9.94. The van der Waals surface area contributed by atoms with Gasteiger partial charge in [-0.2, -0.15) is 0 Å². The monoisotopic (exact) mass is 488 g/mol. The second-order valence-electron chi connectivity index (χ2n) is 9.13. The lowest BCUT2D eigenvalue weighted by Crippen LogP contribution is -2.30. The Morgan fingerprint density at radius 3 is 2.44 bits per heavy atom. The summed E-state index contributed by atoms with van der Waals surface area (Å²) in [5, 5.41) is 13.2. The molecule has 3 aromatic carbocycles. The Bertz CT molecular complexity index is 1200. The number of anilines is 1. The van der Waals surface area contributed by atoms with Gasteiger partial charge in [-0.3, -0.25) is 4.79 Å². The van der Waals surface area contributed by atoms with Crippen molar-refractivity contribution >= 4 is 17.6 Å². The van der Waals surface area contributed by atoms with E-state index in [4.69, 9.17) is 9.47 Å². The molecule has 188 valence electrons. The van der Waals surface area contributed by atoms with Crippen molar-refractivity contribution in [2.75, 3.05) is 39.2 Å². The van der Waals surface area contributed by atoms with Crippen LogP contribution >= 0.6 is 0 Å². The van der Waals surface area contributed by atoms with Gasteiger partial charge in [-0.25, -0.2) is 4.79 Å². The smallest absolute Gasteiger partial charge is 0.339 e. The molecule has 0 spiro atoms. The number of likely N-dealkylation sites (tertiary alicyclic amines) is 1. The number of nitrogens with zero attached hydrogens (tertiary/aromatic N) is 1. The fourth-order valence-electron chi connectivity index (χ4n) is 4.42. The Hall–Kier alpha value is -3.84. The van der Waals surface area contributed by atoms with Gasteiger partial charge < -0.3 is 24.8 Å². The summed E-state index contributed by atoms with van der Waals surface area (Å²) >= 11 is 0. The number of esters is 1. The molecule has 1 aliphatic rings. The van der Waals surface area contributed by atoms with E-state index in [1.807, 2.05) is 30.3 Å². The summed E-state index contributed by atoms with van der Waals surface area (Å²) in [6.45, 7) is 2.76. The van der Waals surface area contributed by atoms with Crippen LogP contribution in [0.3, 0.4) is 0 Å². The van der Waals surface area contributed by atoms with Crippen molar-refractivity contribution in [3.63, 3.8) is 0 Å². The average Bonchev–Trinajstić information content (AvgIpc) is 2.90. The molecule has 0 aromatic heterocycles. The summed E-state index contributed by atoms with van der Waals surface area (Å²) in [5.74, 6) is -0.149. The molecule has 0 aliphatic carbocycles. The third-order valence-corrected chi connectivity index (χ3v) is 6.63. The molecule has 2 N–H and O–H groups in total. The summed E-state index contributed by atoms with van der Waals surface area (Å²) in [4.78, 5) is 27.8. The molecular weight excluding hydrogens is 456 g/mol. The van der Waals surface area contributed by atoms with Crippen molar-refractivity contribution in [1.82, 2.24) is 4.90 Å². The number of carbonyl (C=O) groups is 2. The Kier molecular flexibility index (Phi) is 8.23. The minimum Gasteiger partial charge on any atom is -0.507 e. The molecule has 3 aromatic rings. The van der Waals surface area contributed by atoms with Gasteiger partial charge in [0.25, 0.3) is 5.91 Å². The highest BCUT2D eigenvalue weighted by atomic mass is 16.5. The number of carbonyl (C=O) groups excluding carboxylic acids is 2. The van der Waals surface area contributed by atoms with Crippen LogP contribution in [-0.2, 0) is 4.74 Å². The van der Waals surface area contributed by atoms with Crippen LogP contribution in [0.4, 0.5) is 5.69 Å². The van der Waals surface area contributed by atoms with Gasteiger partial charge >= 0.3 is 5.97 Å². The van der Waals surface area contributed by atoms with E-state index in [9.17, 15) is 14.7 Å². The van der Waals surface area contributed by atoms with Crippen molar-refractivity contribution < 1.29 is 24.2 Å². The number of hydrogen-bond donors (Lipinski definition) is 2. The molecule has 36 heavy (non-hydrogen) atoms. The quantitative estimate of drug-likeness (QED) is 0.423. The molecule has 7 nitrogen and oxygen atoms in total. The number of piperidine rings is 1. The van der Waals surface area contributed by atoms with E-state index in [2.05, 4.69) is 17.3 Å². The molecule has 0 unspecified atom stereocenters. The zero-order valence-corrected chi connectivity index (χ0v) is 20.7. The lowest BCUT2D eigenvalue weighted by Gasteiger charge is -2.28. The first kappa shape index (κ1) is 25.3. The maximum absolute atomic E-state index is 13.2. The van der Waals surface area contributed by atoms with Gasteiger partial charge in [0.2, 0.25) is 0 Å². The molecule has 1 saturated heterocycles. The fraction of sp³-hybridized carbons (Fsp3) is 0.310. The van der Waals surface area contributed by atoms with Crippen LogP contribution in [0.1, 0.15) is 40.0 Å². The third-order valence-electron chi connectivity index (χ3n) is 6.63. The molecule has 0 saturated carbocycles. The first-order chi connectivity index (χ1) is 17.4. The lowest BCUT2D eigenvalue weighted by molar-refractivity contribution is 0.0602. The van der Waals surface area contributed by atoms with E-state index >= 15 is 0 Å². The van der Waals surface area contributed by atoms with E-state index < -0.39 is 11.9 Å². The second kappa shape index (κ2) is 11.7. The first-order valence-corrected chi connectivity index (χ1v) is 12.2. The van der Waals surface area contributed by atoms with Crippen LogP contribution in [0.15, 0.2) is 66.7 Å². The van der Waals surface area contributed by atoms with Gasteiger partial charge in [0.15, 0.2) is 0 Å². The van der Waals surface area contributed by atoms with Crippen molar-refractivity contribution in [2.45, 2.75) is 19.3 Å². The van der Waals surface area contributed by atoms with Gasteiger partial charge in [0.05, 0.1) is 30.5 Å². The van der Waals surface area contributed by atoms with E-state index in [0.29, 0.717) is 24.0 Å². The number of phenolic OH excluding ortho intramolecular Hbond substituents is 1. The number of phenols is 1. The molecular formula is C29H32N2O5. The largest absolute Gasteiger partial charge is 0.507 e. The number of rotatable bonds is 8. The van der Waals surface area contributed by atoms with Crippen LogP contribution in [-0.4, -0.2) is 55.7 Å². The highest BCUT2D eigenvalue weighted by Gasteiger charge is 2.20. The summed E-state index contributed by atoms with van der Waals surface area (Å²) < 4.78 is 10.8. The Morgan fingerprint density at radius 2 is 1.72 bits per heavy atom. The number of aromatic hydroxyl groups is 1. The van der Waals surface area contributed by atoms with Crippen LogP contribution in [0.25, 0.3) is 11.1 Å². The van der Waals surface area contributed by atoms with Gasteiger partial charge in [0, 0.05) is 0 Å². The SMILES string of the molecule is COC(=O)c1ccc(-c2ccccc2)cc1NC(=O)c1cc(OCCC2CCN(C)CC2)ccc1O. The average molecular weight is 489 g/mol. The highest BCUT2D eigenvalue weighted by Crippen LogP contribution is 2.29. The van der Waals surface area contributed by atoms with Crippen LogP contribution in [0.5, 0.6) is 11.5 Å². The summed E-state index contributed by atoms with van der Waals surface area (Å²) in [6, 6.07) is 19.4. The van der Waals surface area contributed by atoms with E-state index in [-0.39, 0.29) is 16.9 Å². The minimum absolute atomic E-state index is 0.0627. The number of nitrogens with one attached hydrogen (secondary N) is 1. The summed E-state index contributed by atoms with van der Waals surface area (Å²) in [5.41, 5.74) is 2.34. The second-order valence-corrected chi connectivity index (χ2v) is 9.13. The van der Waals surface area contributed by atoms with Crippen LogP contribution < -0.4 is 10.1 Å². The number of hydrogen-bond acceptors (Lipinski definition) is 6. The Morgan fingerprint density at radius 1 is 0.972 bits per heavy atom. The van der Waals surface area contributed by atoms with Gasteiger partial charge in [0.1, 0.15) is 11.5 Å². The van der Waals surface area contributed by atoms with Crippen molar-refractivity contribution in [3.05, 3.63) is 77.9 Å². The van der Waals surface area contributed by atoms with Crippen molar-refractivity contribution in [2.24, 2.45) is 5.92 Å². The number of ether oxygens (including phenoxy) is 2. The van der Waals surface area contributed by atoms with Gasteiger partial charge in [-0.05, 0) is 86.8 Å². The number of methoxy groups -OCH3 is 1. The Balaban J connectivity index is 1.49. The summed E-state index contributed by atoms with van der Waals surface area (Å²) in [7, 11) is 3.43. The first-order valence-electron chi connectivity index (χ1n) is 12.2. The molecule has 1 amide bonds. The van der Waals surface area contributed by atoms with Gasteiger partial charge in [-0.15, -0.1) is 0 Å². The number of amides is 1. The van der Waals surface area contributed by atoms with Crippen molar-refractivity contribution in [1.29, 1.82) is 0 Å². The van der Waals surface area contributed by atoms with Gasteiger partial charge in [-0.1, -0.05) is 36.4 Å². The van der Waals surface area contributed by atoms with E-state index in [1.54, 1.807) is 24.3 Å². The maximum atomic E-state index is 13.2. The van der Waals surface area contributed by atoms with Crippen molar-refractivity contribution in [3.8, 4) is 22.6 Å².